The Morgan fingerprint density at radius 1 is 1.11 bits per heavy atom. The van der Waals surface area contributed by atoms with Crippen molar-refractivity contribution in [3.8, 4) is 5.75 Å². The highest BCUT2D eigenvalue weighted by Gasteiger charge is 2.40. The van der Waals surface area contributed by atoms with Crippen LogP contribution in [-0.4, -0.2) is 42.9 Å². The fourth-order valence-electron chi connectivity index (χ4n) is 4.39. The van der Waals surface area contributed by atoms with E-state index in [2.05, 4.69) is 22.3 Å². The van der Waals surface area contributed by atoms with E-state index < -0.39 is 5.60 Å². The van der Waals surface area contributed by atoms with Crippen molar-refractivity contribution in [2.45, 2.75) is 43.7 Å². The summed E-state index contributed by atoms with van der Waals surface area (Å²) in [6.45, 7) is 1.71. The van der Waals surface area contributed by atoms with Gasteiger partial charge in [0.25, 0.3) is 5.91 Å². The first kappa shape index (κ1) is 18.8. The zero-order valence-electron chi connectivity index (χ0n) is 16.4. The number of ether oxygens (including phenoxy) is 1. The summed E-state index contributed by atoms with van der Waals surface area (Å²) in [6, 6.07) is 16.2. The number of piperidine rings is 1. The molecule has 2 aromatic carbocycles. The van der Waals surface area contributed by atoms with Gasteiger partial charge in [0, 0.05) is 25.6 Å². The first-order chi connectivity index (χ1) is 13.6. The second-order valence-electron chi connectivity index (χ2n) is 7.88. The van der Waals surface area contributed by atoms with Gasteiger partial charge in [-0.1, -0.05) is 36.4 Å². The molecule has 0 radical (unpaired) electrons. The van der Waals surface area contributed by atoms with Gasteiger partial charge in [-0.05, 0) is 48.9 Å². The molecule has 5 nitrogen and oxygen atoms in total. The summed E-state index contributed by atoms with van der Waals surface area (Å²) in [4.78, 5) is 15.2. The lowest BCUT2D eigenvalue weighted by atomic mass is 9.79. The number of rotatable bonds is 4. The van der Waals surface area contributed by atoms with Crippen molar-refractivity contribution < 1.29 is 14.6 Å². The summed E-state index contributed by atoms with van der Waals surface area (Å²) in [5.74, 6) is 0.651. The van der Waals surface area contributed by atoms with E-state index >= 15 is 0 Å². The predicted molar refractivity (Wildman–Crippen MR) is 110 cm³/mol. The van der Waals surface area contributed by atoms with Gasteiger partial charge in [0.05, 0.1) is 12.8 Å². The van der Waals surface area contributed by atoms with E-state index in [9.17, 15) is 9.90 Å². The third kappa shape index (κ3) is 3.72. The molecule has 1 aliphatic carbocycles. The van der Waals surface area contributed by atoms with Crippen LogP contribution in [0.15, 0.2) is 48.5 Å². The number of amides is 1. The number of fused-ring (bicyclic) bond motifs is 1. The second-order valence-corrected chi connectivity index (χ2v) is 7.88. The number of aliphatic hydroxyl groups is 1. The van der Waals surface area contributed by atoms with Crippen molar-refractivity contribution in [1.29, 1.82) is 0 Å². The van der Waals surface area contributed by atoms with E-state index in [1.165, 1.54) is 5.56 Å². The van der Waals surface area contributed by atoms with E-state index in [1.807, 2.05) is 36.4 Å². The minimum atomic E-state index is -1.30. The Kier molecular flexibility index (Phi) is 5.27. The number of carbonyl (C=O) groups is 1. The monoisotopic (exact) mass is 380 g/mol. The minimum absolute atomic E-state index is 0.0969. The highest BCUT2D eigenvalue weighted by Crippen LogP contribution is 2.31. The quantitative estimate of drug-likeness (QED) is 0.856. The van der Waals surface area contributed by atoms with Crippen molar-refractivity contribution in [3.63, 3.8) is 0 Å². The van der Waals surface area contributed by atoms with Crippen LogP contribution >= 0.6 is 0 Å². The summed E-state index contributed by atoms with van der Waals surface area (Å²) in [7, 11) is 1.69. The molecule has 0 aromatic heterocycles. The van der Waals surface area contributed by atoms with Gasteiger partial charge >= 0.3 is 0 Å². The smallest absolute Gasteiger partial charge is 0.252 e. The minimum Gasteiger partial charge on any atom is -0.495 e. The number of hydrogen-bond donors (Lipinski definition) is 2. The van der Waals surface area contributed by atoms with Gasteiger partial charge in [0.15, 0.2) is 0 Å². The van der Waals surface area contributed by atoms with Gasteiger partial charge in [-0.2, -0.15) is 0 Å². The fourth-order valence-corrected chi connectivity index (χ4v) is 4.39. The van der Waals surface area contributed by atoms with Crippen LogP contribution < -0.4 is 15.0 Å². The number of benzene rings is 2. The summed E-state index contributed by atoms with van der Waals surface area (Å²) in [5, 5.41) is 14.1. The Hall–Kier alpha value is -2.53. The van der Waals surface area contributed by atoms with E-state index in [4.69, 9.17) is 4.74 Å². The molecule has 2 N–H and O–H groups in total. The Labute approximate surface area is 166 Å². The van der Waals surface area contributed by atoms with Crippen LogP contribution in [0.2, 0.25) is 0 Å². The van der Waals surface area contributed by atoms with Gasteiger partial charge in [-0.15, -0.1) is 0 Å². The number of methoxy groups -OCH3 is 1. The molecule has 1 fully saturated rings. The molecule has 1 unspecified atom stereocenters. The van der Waals surface area contributed by atoms with Crippen LogP contribution in [0.25, 0.3) is 0 Å². The molecule has 0 spiro atoms. The average Bonchev–Trinajstić information content (AvgIpc) is 2.74. The lowest BCUT2D eigenvalue weighted by Crippen LogP contribution is -2.55. The van der Waals surface area contributed by atoms with Crippen molar-refractivity contribution in [2.24, 2.45) is 0 Å². The summed E-state index contributed by atoms with van der Waals surface area (Å²) in [6.07, 6.45) is 3.34. The van der Waals surface area contributed by atoms with Crippen LogP contribution in [-0.2, 0) is 17.6 Å². The standard InChI is InChI=1S/C23H28N2O3/c1-28-21-9-5-4-8-20(21)25-14-11-19(12-15-25)24-22(26)23(27)13-10-17-6-2-3-7-18(17)16-23/h2-9,19,27H,10-16H2,1H3,(H,24,26). The summed E-state index contributed by atoms with van der Waals surface area (Å²) in [5.41, 5.74) is 2.12. The Balaban J connectivity index is 1.35. The van der Waals surface area contributed by atoms with Gasteiger partial charge in [0.2, 0.25) is 0 Å². The maximum absolute atomic E-state index is 12.9. The SMILES string of the molecule is COc1ccccc1N1CCC(NC(=O)C2(O)CCc3ccccc3C2)CC1. The molecule has 0 bridgehead atoms. The molecular formula is C23H28N2O3. The number of nitrogens with one attached hydrogen (secondary N) is 1. The predicted octanol–water partition coefficient (Wildman–Crippen LogP) is 2.70. The third-order valence-electron chi connectivity index (χ3n) is 6.09. The number of anilines is 1. The van der Waals surface area contributed by atoms with Crippen LogP contribution in [0.4, 0.5) is 5.69 Å². The molecule has 148 valence electrons. The maximum Gasteiger partial charge on any atom is 0.252 e. The summed E-state index contributed by atoms with van der Waals surface area (Å²) >= 11 is 0. The molecule has 28 heavy (non-hydrogen) atoms. The van der Waals surface area contributed by atoms with Crippen molar-refractivity contribution in [3.05, 3.63) is 59.7 Å². The van der Waals surface area contributed by atoms with Gasteiger partial charge in [-0.25, -0.2) is 0 Å². The molecule has 2 aliphatic rings. The molecule has 1 saturated heterocycles. The number of para-hydroxylation sites is 2. The van der Waals surface area contributed by atoms with Gasteiger partial charge in [-0.3, -0.25) is 4.79 Å². The molecule has 1 amide bonds. The lowest BCUT2D eigenvalue weighted by molar-refractivity contribution is -0.141. The molecule has 4 rings (SSSR count). The van der Waals surface area contributed by atoms with E-state index in [1.54, 1.807) is 7.11 Å². The van der Waals surface area contributed by atoms with Crippen LogP contribution in [0, 0.1) is 0 Å². The zero-order valence-corrected chi connectivity index (χ0v) is 16.4. The lowest BCUT2D eigenvalue weighted by Gasteiger charge is -2.37. The number of hydrogen-bond acceptors (Lipinski definition) is 4. The summed E-state index contributed by atoms with van der Waals surface area (Å²) < 4.78 is 5.47. The molecule has 1 aliphatic heterocycles. The van der Waals surface area contributed by atoms with E-state index in [-0.39, 0.29) is 11.9 Å². The number of nitrogens with zero attached hydrogens (tertiary/aromatic N) is 1. The Morgan fingerprint density at radius 2 is 1.79 bits per heavy atom. The first-order valence-corrected chi connectivity index (χ1v) is 10.1. The van der Waals surface area contributed by atoms with Crippen LogP contribution in [0.1, 0.15) is 30.4 Å². The first-order valence-electron chi connectivity index (χ1n) is 10.1. The third-order valence-corrected chi connectivity index (χ3v) is 6.09. The van der Waals surface area contributed by atoms with Crippen molar-refractivity contribution in [1.82, 2.24) is 5.32 Å². The van der Waals surface area contributed by atoms with Gasteiger partial charge in [0.1, 0.15) is 11.4 Å². The highest BCUT2D eigenvalue weighted by atomic mass is 16.5. The highest BCUT2D eigenvalue weighted by molar-refractivity contribution is 5.86. The fraction of sp³-hybridized carbons (Fsp3) is 0.435. The number of aryl methyl sites for hydroxylation is 1. The maximum atomic E-state index is 12.9. The molecule has 2 aromatic rings. The normalized spacial score (nSPS) is 22.4. The molecule has 0 saturated carbocycles. The largest absolute Gasteiger partial charge is 0.495 e. The molecular weight excluding hydrogens is 352 g/mol. The topological polar surface area (TPSA) is 61.8 Å². The molecule has 1 atom stereocenters. The van der Waals surface area contributed by atoms with Crippen molar-refractivity contribution >= 4 is 11.6 Å². The van der Waals surface area contributed by atoms with Crippen LogP contribution in [0.5, 0.6) is 5.75 Å². The second kappa shape index (κ2) is 7.84. The number of carbonyl (C=O) groups excluding carboxylic acids is 1. The average molecular weight is 380 g/mol. The zero-order chi connectivity index (χ0) is 19.6. The molecule has 1 heterocycles. The Morgan fingerprint density at radius 3 is 2.54 bits per heavy atom. The van der Waals surface area contributed by atoms with Crippen LogP contribution in [0.3, 0.4) is 0 Å². The van der Waals surface area contributed by atoms with Crippen molar-refractivity contribution in [2.75, 3.05) is 25.1 Å². The van der Waals surface area contributed by atoms with Gasteiger partial charge < -0.3 is 20.1 Å². The Bertz CT molecular complexity index is 845. The van der Waals surface area contributed by atoms with E-state index in [0.717, 1.165) is 49.4 Å². The molecule has 5 heteroatoms. The van der Waals surface area contributed by atoms with E-state index in [0.29, 0.717) is 12.8 Å².